The van der Waals surface area contributed by atoms with Gasteiger partial charge < -0.3 is 0 Å². The minimum Gasteiger partial charge on any atom is -0.281 e. The summed E-state index contributed by atoms with van der Waals surface area (Å²) in [6.45, 7) is 0.287. The number of benzene rings is 2. The number of hydrogen-bond acceptors (Lipinski definition) is 4. The smallest absolute Gasteiger partial charge is 0.171 e. The number of pyridine rings is 1. The second-order valence-electron chi connectivity index (χ2n) is 5.70. The van der Waals surface area contributed by atoms with Crippen LogP contribution in [0, 0.1) is 5.82 Å². The summed E-state index contributed by atoms with van der Waals surface area (Å²) in [6.07, 6.45) is 1.88. The highest BCUT2D eigenvalue weighted by Crippen LogP contribution is 2.32. The Labute approximate surface area is 158 Å². The van der Waals surface area contributed by atoms with Crippen LogP contribution in [-0.2, 0) is 6.54 Å². The zero-order chi connectivity index (χ0) is 18.6. The maximum Gasteiger partial charge on any atom is 0.171 e. The molecule has 0 saturated carbocycles. The summed E-state index contributed by atoms with van der Waals surface area (Å²) in [6, 6.07) is 18.0. The third-order valence-electron chi connectivity index (χ3n) is 3.99. The molecule has 2 aromatic carbocycles. The molecule has 0 aliphatic rings. The second kappa shape index (κ2) is 7.49. The molecule has 0 N–H and O–H groups in total. The van der Waals surface area contributed by atoms with Crippen LogP contribution in [0.5, 0.6) is 0 Å². The first-order chi connectivity index (χ1) is 13.3. The van der Waals surface area contributed by atoms with Crippen molar-refractivity contribution >= 4 is 17.4 Å². The molecule has 0 fully saturated rings. The first kappa shape index (κ1) is 17.1. The lowest BCUT2D eigenvalue weighted by Gasteiger charge is -2.08. The molecule has 0 atom stereocenters. The Bertz CT molecular complexity index is 1170. The fraction of sp³-hybridized carbons (Fsp3) is 0.0526. The van der Waals surface area contributed by atoms with Gasteiger partial charge >= 0.3 is 0 Å². The third-order valence-corrected chi connectivity index (χ3v) is 5.09. The van der Waals surface area contributed by atoms with Gasteiger partial charge in [-0.3, -0.25) is 4.40 Å². The number of nitrogens with zero attached hydrogens (tertiary/aromatic N) is 6. The van der Waals surface area contributed by atoms with Gasteiger partial charge in [0, 0.05) is 20.9 Å². The van der Waals surface area contributed by atoms with Crippen LogP contribution in [0.25, 0.3) is 27.5 Å². The number of aromatic nitrogens is 3. The van der Waals surface area contributed by atoms with Gasteiger partial charge in [0.1, 0.15) is 5.82 Å². The minimum atomic E-state index is -0.343. The third kappa shape index (κ3) is 3.48. The molecule has 0 amide bonds. The van der Waals surface area contributed by atoms with Crippen molar-refractivity contribution in [2.45, 2.75) is 16.3 Å². The molecule has 0 radical (unpaired) electrons. The maximum absolute atomic E-state index is 14.2. The first-order valence-corrected chi connectivity index (χ1v) is 8.94. The number of rotatable bonds is 5. The van der Waals surface area contributed by atoms with Crippen molar-refractivity contribution in [3.63, 3.8) is 0 Å². The van der Waals surface area contributed by atoms with Crippen LogP contribution in [0.4, 0.5) is 4.39 Å². The summed E-state index contributed by atoms with van der Waals surface area (Å²) < 4.78 is 15.9. The van der Waals surface area contributed by atoms with E-state index < -0.39 is 0 Å². The monoisotopic (exact) mass is 376 g/mol. The Kier molecular flexibility index (Phi) is 4.74. The van der Waals surface area contributed by atoms with Crippen LogP contribution >= 0.6 is 11.8 Å². The van der Waals surface area contributed by atoms with Crippen LogP contribution < -0.4 is 0 Å². The van der Waals surface area contributed by atoms with E-state index in [9.17, 15) is 4.39 Å². The molecule has 132 valence electrons. The second-order valence-corrected chi connectivity index (χ2v) is 6.81. The molecule has 2 heterocycles. The van der Waals surface area contributed by atoms with Gasteiger partial charge in [-0.05, 0) is 41.4 Å². The quantitative estimate of drug-likeness (QED) is 0.262. The summed E-state index contributed by atoms with van der Waals surface area (Å²) in [5, 5.41) is 11.9. The molecule has 0 spiro atoms. The summed E-state index contributed by atoms with van der Waals surface area (Å²) >= 11 is 1.54. The Morgan fingerprint density at radius 1 is 1.04 bits per heavy atom. The van der Waals surface area contributed by atoms with Gasteiger partial charge in [0.2, 0.25) is 0 Å². The highest BCUT2D eigenvalue weighted by molar-refractivity contribution is 7.99. The zero-order valence-corrected chi connectivity index (χ0v) is 14.8. The highest BCUT2D eigenvalue weighted by atomic mass is 32.2. The van der Waals surface area contributed by atoms with Crippen molar-refractivity contribution in [1.82, 2.24) is 14.6 Å². The molecule has 0 saturated heterocycles. The number of fused-ring (bicyclic) bond motifs is 1. The molecule has 8 heteroatoms. The molecule has 2 aromatic heterocycles. The SMILES string of the molecule is [N-]=[N+]=NCc1ccccc1Sc1ccc2nnc(-c3ccccc3F)n2c1. The predicted octanol–water partition coefficient (Wildman–Crippen LogP) is 5.50. The van der Waals surface area contributed by atoms with E-state index in [1.54, 1.807) is 22.6 Å². The summed E-state index contributed by atoms with van der Waals surface area (Å²) in [5.41, 5.74) is 10.5. The predicted molar refractivity (Wildman–Crippen MR) is 102 cm³/mol. The van der Waals surface area contributed by atoms with Gasteiger partial charge in [-0.1, -0.05) is 47.2 Å². The molecular weight excluding hydrogens is 363 g/mol. The number of hydrogen-bond donors (Lipinski definition) is 0. The van der Waals surface area contributed by atoms with Crippen molar-refractivity contribution < 1.29 is 4.39 Å². The molecule has 0 bridgehead atoms. The first-order valence-electron chi connectivity index (χ1n) is 8.12. The standard InChI is InChI=1S/C19H13FN6S/c20-16-7-3-2-6-15(16)19-24-23-18-10-9-14(12-26(18)19)27-17-8-4-1-5-13(17)11-22-25-21/h1-10,12H,11H2. The molecular formula is C19H13FN6S. The van der Waals surface area contributed by atoms with E-state index in [4.69, 9.17) is 5.53 Å². The molecule has 0 aliphatic heterocycles. The van der Waals surface area contributed by atoms with Gasteiger partial charge in [-0.15, -0.1) is 10.2 Å². The maximum atomic E-state index is 14.2. The van der Waals surface area contributed by atoms with E-state index in [1.807, 2.05) is 42.6 Å². The largest absolute Gasteiger partial charge is 0.281 e. The van der Waals surface area contributed by atoms with Crippen molar-refractivity contribution in [3.8, 4) is 11.4 Å². The van der Waals surface area contributed by atoms with Crippen molar-refractivity contribution in [2.24, 2.45) is 5.11 Å². The van der Waals surface area contributed by atoms with E-state index >= 15 is 0 Å². The fourth-order valence-corrected chi connectivity index (χ4v) is 3.69. The lowest BCUT2D eigenvalue weighted by atomic mass is 10.2. The summed E-state index contributed by atoms with van der Waals surface area (Å²) in [4.78, 5) is 4.75. The Hall–Kier alpha value is -3.35. The highest BCUT2D eigenvalue weighted by Gasteiger charge is 2.13. The van der Waals surface area contributed by atoms with E-state index in [0.29, 0.717) is 17.0 Å². The average Bonchev–Trinajstić information content (AvgIpc) is 3.11. The molecule has 0 unspecified atom stereocenters. The Morgan fingerprint density at radius 3 is 2.70 bits per heavy atom. The molecule has 4 rings (SSSR count). The van der Waals surface area contributed by atoms with Crippen LogP contribution in [0.2, 0.25) is 0 Å². The van der Waals surface area contributed by atoms with Crippen molar-refractivity contribution in [3.05, 3.63) is 88.7 Å². The summed E-state index contributed by atoms with van der Waals surface area (Å²) in [5.74, 6) is 0.109. The van der Waals surface area contributed by atoms with Crippen LogP contribution in [0.1, 0.15) is 5.56 Å². The lowest BCUT2D eigenvalue weighted by Crippen LogP contribution is -1.93. The Balaban J connectivity index is 1.74. The summed E-state index contributed by atoms with van der Waals surface area (Å²) in [7, 11) is 0. The number of azide groups is 1. The van der Waals surface area contributed by atoms with Gasteiger partial charge in [0.15, 0.2) is 11.5 Å². The van der Waals surface area contributed by atoms with Gasteiger partial charge in [-0.2, -0.15) is 0 Å². The molecule has 0 aliphatic carbocycles. The topological polar surface area (TPSA) is 79.0 Å². The van der Waals surface area contributed by atoms with Gasteiger partial charge in [0.05, 0.1) is 12.1 Å². The fourth-order valence-electron chi connectivity index (χ4n) is 2.73. The minimum absolute atomic E-state index is 0.287. The Morgan fingerprint density at radius 2 is 1.85 bits per heavy atom. The lowest BCUT2D eigenvalue weighted by molar-refractivity contribution is 0.629. The van der Waals surface area contributed by atoms with Crippen LogP contribution in [-0.4, -0.2) is 14.6 Å². The van der Waals surface area contributed by atoms with E-state index in [-0.39, 0.29) is 12.4 Å². The number of halogens is 1. The molecule has 4 aromatic rings. The van der Waals surface area contributed by atoms with Gasteiger partial charge in [0.25, 0.3) is 0 Å². The van der Waals surface area contributed by atoms with Gasteiger partial charge in [-0.25, -0.2) is 4.39 Å². The molecule has 27 heavy (non-hydrogen) atoms. The molecule has 6 nitrogen and oxygen atoms in total. The van der Waals surface area contributed by atoms with Crippen LogP contribution in [0.3, 0.4) is 0 Å². The van der Waals surface area contributed by atoms with E-state index in [0.717, 1.165) is 15.4 Å². The zero-order valence-electron chi connectivity index (χ0n) is 14.0. The van der Waals surface area contributed by atoms with E-state index in [1.165, 1.54) is 17.8 Å². The van der Waals surface area contributed by atoms with Crippen molar-refractivity contribution in [2.75, 3.05) is 0 Å². The van der Waals surface area contributed by atoms with Crippen molar-refractivity contribution in [1.29, 1.82) is 0 Å². The van der Waals surface area contributed by atoms with E-state index in [2.05, 4.69) is 20.2 Å². The normalized spacial score (nSPS) is 10.7. The average molecular weight is 376 g/mol. The van der Waals surface area contributed by atoms with Crippen LogP contribution in [0.15, 0.2) is 81.8 Å².